The van der Waals surface area contributed by atoms with Crippen molar-refractivity contribution in [3.8, 4) is 11.5 Å². The minimum absolute atomic E-state index is 0.0319. The van der Waals surface area contributed by atoms with E-state index in [9.17, 15) is 4.79 Å². The predicted molar refractivity (Wildman–Crippen MR) is 107 cm³/mol. The van der Waals surface area contributed by atoms with Crippen LogP contribution in [0, 0.1) is 5.41 Å². The summed E-state index contributed by atoms with van der Waals surface area (Å²) in [5.41, 5.74) is 2.75. The van der Waals surface area contributed by atoms with Crippen molar-refractivity contribution in [3.63, 3.8) is 0 Å². The van der Waals surface area contributed by atoms with E-state index in [0.29, 0.717) is 5.57 Å². The highest BCUT2D eigenvalue weighted by Gasteiger charge is 2.27. The highest BCUT2D eigenvalue weighted by molar-refractivity contribution is 6.04. The molecule has 1 aliphatic rings. The molecule has 0 aliphatic heterocycles. The fourth-order valence-electron chi connectivity index (χ4n) is 3.28. The molecule has 0 saturated carbocycles. The van der Waals surface area contributed by atoms with Crippen LogP contribution in [0.15, 0.2) is 54.2 Å². The largest absolute Gasteiger partial charge is 0.496 e. The van der Waals surface area contributed by atoms with Gasteiger partial charge in [-0.05, 0) is 49.8 Å². The van der Waals surface area contributed by atoms with Crippen molar-refractivity contribution < 1.29 is 14.3 Å². The van der Waals surface area contributed by atoms with Gasteiger partial charge in [-0.3, -0.25) is 4.79 Å². The molecule has 0 saturated heterocycles. The first-order valence-electron chi connectivity index (χ1n) is 9.08. The minimum Gasteiger partial charge on any atom is -0.496 e. The van der Waals surface area contributed by atoms with E-state index in [1.54, 1.807) is 20.3 Å². The van der Waals surface area contributed by atoms with Gasteiger partial charge in [0.2, 0.25) is 0 Å². The number of hydrogen-bond donors (Lipinski definition) is 0. The third-order valence-corrected chi connectivity index (χ3v) is 5.04. The normalized spacial score (nSPS) is 24.2. The van der Waals surface area contributed by atoms with Crippen LogP contribution in [-0.2, 0) is 4.79 Å². The summed E-state index contributed by atoms with van der Waals surface area (Å²) in [4.78, 5) is 12.8. The molecule has 0 amide bonds. The first-order valence-corrected chi connectivity index (χ1v) is 9.08. The number of ether oxygens (including phenoxy) is 2. The molecular weight excluding hydrogens is 324 g/mol. The number of methoxy groups -OCH3 is 2. The van der Waals surface area contributed by atoms with E-state index in [1.807, 2.05) is 24.3 Å². The van der Waals surface area contributed by atoms with Crippen LogP contribution in [0.1, 0.15) is 51.5 Å². The summed E-state index contributed by atoms with van der Waals surface area (Å²) in [6.45, 7) is 10.6. The lowest BCUT2D eigenvalue weighted by atomic mass is 9.83. The number of allylic oxidation sites excluding steroid dienone is 5. The summed E-state index contributed by atoms with van der Waals surface area (Å²) in [5.74, 6) is 1.27. The van der Waals surface area contributed by atoms with Crippen LogP contribution < -0.4 is 9.47 Å². The van der Waals surface area contributed by atoms with Crippen molar-refractivity contribution in [1.29, 1.82) is 0 Å². The third-order valence-electron chi connectivity index (χ3n) is 5.04. The van der Waals surface area contributed by atoms with Crippen LogP contribution in [0.4, 0.5) is 0 Å². The van der Waals surface area contributed by atoms with Crippen LogP contribution in [-0.4, -0.2) is 20.0 Å². The average Bonchev–Trinajstić information content (AvgIpc) is 2.65. The van der Waals surface area contributed by atoms with Crippen molar-refractivity contribution in [3.05, 3.63) is 59.7 Å². The minimum atomic E-state index is -0.150. The lowest BCUT2D eigenvalue weighted by molar-refractivity contribution is -0.111. The summed E-state index contributed by atoms with van der Waals surface area (Å²) in [5, 5.41) is 0. The van der Waals surface area contributed by atoms with E-state index in [4.69, 9.17) is 9.47 Å². The van der Waals surface area contributed by atoms with Gasteiger partial charge in [0, 0.05) is 17.1 Å². The van der Waals surface area contributed by atoms with E-state index in [1.165, 1.54) is 5.57 Å². The van der Waals surface area contributed by atoms with E-state index in [2.05, 4.69) is 33.4 Å². The van der Waals surface area contributed by atoms with Gasteiger partial charge >= 0.3 is 0 Å². The first-order chi connectivity index (χ1) is 12.3. The predicted octanol–water partition coefficient (Wildman–Crippen LogP) is 5.63. The van der Waals surface area contributed by atoms with Gasteiger partial charge in [0.15, 0.2) is 5.78 Å². The molecule has 1 aliphatic carbocycles. The zero-order valence-electron chi connectivity index (χ0n) is 16.6. The van der Waals surface area contributed by atoms with E-state index >= 15 is 0 Å². The Labute approximate surface area is 157 Å². The molecule has 0 spiro atoms. The number of carbonyl (C=O) groups excluding carboxylic acids is 1. The van der Waals surface area contributed by atoms with E-state index in [-0.39, 0.29) is 17.1 Å². The Morgan fingerprint density at radius 2 is 1.77 bits per heavy atom. The molecule has 1 aromatic rings. The van der Waals surface area contributed by atoms with E-state index in [0.717, 1.165) is 36.3 Å². The Morgan fingerprint density at radius 1 is 1.15 bits per heavy atom. The molecule has 1 aromatic carbocycles. The molecule has 0 N–H and O–H groups in total. The number of hydrogen-bond acceptors (Lipinski definition) is 3. The molecule has 0 aromatic heterocycles. The lowest BCUT2D eigenvalue weighted by Gasteiger charge is -2.23. The van der Waals surface area contributed by atoms with Gasteiger partial charge in [-0.1, -0.05) is 44.2 Å². The maximum Gasteiger partial charge on any atom is 0.181 e. The SMILES string of the molecule is C=C1C(=O)/C=C/C(C)(C)C/C=C(\C)CCC1c1c(OC)cccc1OC. The second kappa shape index (κ2) is 8.39. The summed E-state index contributed by atoms with van der Waals surface area (Å²) < 4.78 is 11.1. The van der Waals surface area contributed by atoms with Gasteiger partial charge in [-0.15, -0.1) is 0 Å². The summed E-state index contributed by atoms with van der Waals surface area (Å²) in [7, 11) is 3.28. The Hall–Kier alpha value is -2.29. The lowest BCUT2D eigenvalue weighted by Crippen LogP contribution is -2.13. The van der Waals surface area contributed by atoms with Crippen molar-refractivity contribution in [1.82, 2.24) is 0 Å². The molecule has 0 heterocycles. The zero-order chi connectivity index (χ0) is 19.3. The molecule has 1 atom stereocenters. The summed E-state index contributed by atoms with van der Waals surface area (Å²) in [6, 6.07) is 5.70. The Kier molecular flexibility index (Phi) is 6.47. The van der Waals surface area contributed by atoms with Crippen LogP contribution >= 0.6 is 0 Å². The van der Waals surface area contributed by atoms with Crippen molar-refractivity contribution in [2.75, 3.05) is 14.2 Å². The second-order valence-electron chi connectivity index (χ2n) is 7.63. The number of ketones is 1. The molecule has 140 valence electrons. The van der Waals surface area contributed by atoms with Gasteiger partial charge in [0.25, 0.3) is 0 Å². The highest BCUT2D eigenvalue weighted by Crippen LogP contribution is 2.42. The van der Waals surface area contributed by atoms with Crippen molar-refractivity contribution >= 4 is 5.78 Å². The van der Waals surface area contributed by atoms with Crippen LogP contribution in [0.25, 0.3) is 0 Å². The van der Waals surface area contributed by atoms with Crippen molar-refractivity contribution in [2.24, 2.45) is 5.41 Å². The highest BCUT2D eigenvalue weighted by atomic mass is 16.5. The third kappa shape index (κ3) is 4.66. The summed E-state index contributed by atoms with van der Waals surface area (Å²) in [6.07, 6.45) is 8.54. The molecule has 0 bridgehead atoms. The number of benzene rings is 1. The maximum atomic E-state index is 12.8. The Balaban J connectivity index is 2.53. The van der Waals surface area contributed by atoms with Gasteiger partial charge < -0.3 is 9.47 Å². The fourth-order valence-corrected chi connectivity index (χ4v) is 3.28. The van der Waals surface area contributed by atoms with Crippen LogP contribution in [0.2, 0.25) is 0 Å². The van der Waals surface area contributed by atoms with Gasteiger partial charge in [-0.2, -0.15) is 0 Å². The van der Waals surface area contributed by atoms with Gasteiger partial charge in [0.1, 0.15) is 11.5 Å². The Bertz CT molecular complexity index is 716. The first kappa shape index (κ1) is 20.0. The monoisotopic (exact) mass is 354 g/mol. The topological polar surface area (TPSA) is 35.5 Å². The standard InChI is InChI=1S/C23H30O3/c1-16-10-11-18(22-20(25-5)8-7-9-21(22)26-6)17(2)19(24)13-15-23(3,4)14-12-16/h7-9,12-13,15,18H,2,10-11,14H2,1,3-6H3/b15-13+,16-12+. The number of carbonyl (C=O) groups is 1. The van der Waals surface area contributed by atoms with Crippen LogP contribution in [0.5, 0.6) is 11.5 Å². The van der Waals surface area contributed by atoms with Gasteiger partial charge in [-0.25, -0.2) is 0 Å². The molecule has 3 heteroatoms. The fraction of sp³-hybridized carbons (Fsp3) is 0.435. The zero-order valence-corrected chi connectivity index (χ0v) is 16.6. The van der Waals surface area contributed by atoms with Crippen molar-refractivity contribution in [2.45, 2.75) is 46.0 Å². The summed E-state index contributed by atoms with van der Waals surface area (Å²) >= 11 is 0. The smallest absolute Gasteiger partial charge is 0.181 e. The molecular formula is C23H30O3. The Morgan fingerprint density at radius 3 is 2.35 bits per heavy atom. The van der Waals surface area contributed by atoms with E-state index < -0.39 is 0 Å². The molecule has 3 nitrogen and oxygen atoms in total. The van der Waals surface area contributed by atoms with Crippen LogP contribution in [0.3, 0.4) is 0 Å². The molecule has 0 fully saturated rings. The second-order valence-corrected chi connectivity index (χ2v) is 7.63. The molecule has 0 radical (unpaired) electrons. The molecule has 26 heavy (non-hydrogen) atoms. The maximum absolute atomic E-state index is 12.8. The quantitative estimate of drug-likeness (QED) is 0.521. The molecule has 1 unspecified atom stereocenters. The average molecular weight is 354 g/mol. The van der Waals surface area contributed by atoms with Gasteiger partial charge in [0.05, 0.1) is 14.2 Å². The number of rotatable bonds is 3. The molecule has 2 rings (SSSR count).